The molecule has 0 bridgehead atoms. The summed E-state index contributed by atoms with van der Waals surface area (Å²) in [6.07, 6.45) is 0.227. The molecular formula is C18H24N2O3S. The summed E-state index contributed by atoms with van der Waals surface area (Å²) in [6.45, 7) is 4.70. The third-order valence-electron chi connectivity index (χ3n) is 3.61. The van der Waals surface area contributed by atoms with E-state index in [0.29, 0.717) is 19.4 Å². The van der Waals surface area contributed by atoms with E-state index in [2.05, 4.69) is 10.3 Å². The highest BCUT2D eigenvalue weighted by Gasteiger charge is 2.15. The van der Waals surface area contributed by atoms with E-state index in [-0.39, 0.29) is 12.5 Å². The van der Waals surface area contributed by atoms with Crippen molar-refractivity contribution in [2.75, 3.05) is 20.3 Å². The van der Waals surface area contributed by atoms with Gasteiger partial charge in [0.2, 0.25) is 5.91 Å². The quantitative estimate of drug-likeness (QED) is 0.769. The maximum Gasteiger partial charge on any atom is 0.225 e. The lowest BCUT2D eigenvalue weighted by Crippen LogP contribution is -2.29. The molecule has 5 nitrogen and oxygen atoms in total. The number of benzene rings is 1. The third kappa shape index (κ3) is 5.40. The van der Waals surface area contributed by atoms with Crippen LogP contribution >= 0.6 is 11.3 Å². The minimum atomic E-state index is -0.552. The molecule has 1 atom stereocenters. The first kappa shape index (κ1) is 18.6. The number of carbonyl (C=O) groups excluding carboxylic acids is 1. The smallest absolute Gasteiger partial charge is 0.225 e. The zero-order valence-corrected chi connectivity index (χ0v) is 15.2. The summed E-state index contributed by atoms with van der Waals surface area (Å²) in [5, 5.41) is 13.4. The monoisotopic (exact) mass is 348 g/mol. The molecule has 1 heterocycles. The molecule has 0 saturated carbocycles. The summed E-state index contributed by atoms with van der Waals surface area (Å²) in [6, 6.07) is 8.16. The van der Waals surface area contributed by atoms with Gasteiger partial charge in [-0.25, -0.2) is 4.98 Å². The zero-order chi connectivity index (χ0) is 17.5. The summed E-state index contributed by atoms with van der Waals surface area (Å²) in [5.74, 6) is -0.0587. The van der Waals surface area contributed by atoms with Crippen LogP contribution < -0.4 is 5.32 Å². The van der Waals surface area contributed by atoms with Gasteiger partial charge >= 0.3 is 0 Å². The van der Waals surface area contributed by atoms with Gasteiger partial charge in [-0.2, -0.15) is 0 Å². The van der Waals surface area contributed by atoms with Crippen LogP contribution in [0, 0.1) is 13.8 Å². The van der Waals surface area contributed by atoms with Gasteiger partial charge in [0.15, 0.2) is 0 Å². The maximum absolute atomic E-state index is 12.2. The first-order valence-corrected chi connectivity index (χ1v) is 8.78. The number of methoxy groups -OCH3 is 1. The standard InChI is InChI=1S/C18H24N2O3S/c1-12-4-6-14(7-5-12)18-16(24-13(2)20-18)10-17(22)19-9-8-15(21)11-23-3/h4-7,15,21H,8-11H2,1-3H3,(H,19,22). The Labute approximate surface area is 146 Å². The molecule has 2 rings (SSSR count). The second-order valence-electron chi connectivity index (χ2n) is 5.80. The van der Waals surface area contributed by atoms with E-state index >= 15 is 0 Å². The normalized spacial score (nSPS) is 12.2. The number of hydrogen-bond donors (Lipinski definition) is 2. The molecule has 0 fully saturated rings. The fourth-order valence-electron chi connectivity index (χ4n) is 2.39. The second-order valence-corrected chi connectivity index (χ2v) is 7.08. The zero-order valence-electron chi connectivity index (χ0n) is 14.3. The lowest BCUT2D eigenvalue weighted by Gasteiger charge is -2.10. The molecule has 2 N–H and O–H groups in total. The highest BCUT2D eigenvalue weighted by molar-refractivity contribution is 7.12. The SMILES string of the molecule is COCC(O)CCNC(=O)Cc1sc(C)nc1-c1ccc(C)cc1. The molecule has 0 radical (unpaired) electrons. The van der Waals surface area contributed by atoms with E-state index < -0.39 is 6.10 Å². The van der Waals surface area contributed by atoms with Crippen LogP contribution in [0.5, 0.6) is 0 Å². The molecule has 130 valence electrons. The highest BCUT2D eigenvalue weighted by atomic mass is 32.1. The Balaban J connectivity index is 1.97. The van der Waals surface area contributed by atoms with Crippen LogP contribution in [-0.4, -0.2) is 42.4 Å². The van der Waals surface area contributed by atoms with Gasteiger partial charge in [0, 0.05) is 24.1 Å². The number of aliphatic hydroxyl groups is 1. The molecule has 1 aromatic heterocycles. The van der Waals surface area contributed by atoms with E-state index in [9.17, 15) is 9.90 Å². The number of hydrogen-bond acceptors (Lipinski definition) is 5. The van der Waals surface area contributed by atoms with Crippen LogP contribution in [0.1, 0.15) is 21.9 Å². The maximum atomic E-state index is 12.2. The van der Waals surface area contributed by atoms with Gasteiger partial charge < -0.3 is 15.2 Å². The van der Waals surface area contributed by atoms with Crippen LogP contribution in [0.25, 0.3) is 11.3 Å². The number of aryl methyl sites for hydroxylation is 2. The molecule has 1 aromatic carbocycles. The first-order valence-electron chi connectivity index (χ1n) is 7.96. The van der Waals surface area contributed by atoms with Gasteiger partial charge in [0.05, 0.1) is 29.8 Å². The van der Waals surface area contributed by atoms with E-state index in [4.69, 9.17) is 4.74 Å². The molecule has 6 heteroatoms. The van der Waals surface area contributed by atoms with Crippen molar-refractivity contribution in [2.45, 2.75) is 32.8 Å². The Morgan fingerprint density at radius 2 is 2.04 bits per heavy atom. The Morgan fingerprint density at radius 1 is 1.33 bits per heavy atom. The number of aliphatic hydroxyl groups excluding tert-OH is 1. The molecule has 24 heavy (non-hydrogen) atoms. The predicted octanol–water partition coefficient (Wildman–Crippen LogP) is 2.48. The number of nitrogens with zero attached hydrogens (tertiary/aromatic N) is 1. The van der Waals surface area contributed by atoms with Crippen molar-refractivity contribution < 1.29 is 14.6 Å². The van der Waals surface area contributed by atoms with Crippen LogP contribution in [0.4, 0.5) is 0 Å². The Hall–Kier alpha value is -1.76. The van der Waals surface area contributed by atoms with E-state index in [0.717, 1.165) is 21.1 Å². The van der Waals surface area contributed by atoms with E-state index in [1.54, 1.807) is 18.4 Å². The van der Waals surface area contributed by atoms with E-state index in [1.165, 1.54) is 5.56 Å². The molecule has 0 aliphatic carbocycles. The van der Waals surface area contributed by atoms with Crippen LogP contribution in [0.2, 0.25) is 0 Å². The molecular weight excluding hydrogens is 324 g/mol. The number of aromatic nitrogens is 1. The summed E-state index contributed by atoms with van der Waals surface area (Å²) < 4.78 is 4.86. The van der Waals surface area contributed by atoms with Crippen LogP contribution in [0.15, 0.2) is 24.3 Å². The minimum Gasteiger partial charge on any atom is -0.391 e. The van der Waals surface area contributed by atoms with Gasteiger partial charge in [-0.15, -0.1) is 11.3 Å². The van der Waals surface area contributed by atoms with Gasteiger partial charge in [-0.3, -0.25) is 4.79 Å². The van der Waals surface area contributed by atoms with Crippen molar-refractivity contribution in [2.24, 2.45) is 0 Å². The Morgan fingerprint density at radius 3 is 2.71 bits per heavy atom. The summed E-state index contributed by atoms with van der Waals surface area (Å²) in [5.41, 5.74) is 3.11. The third-order valence-corrected chi connectivity index (χ3v) is 4.58. The average molecular weight is 348 g/mol. The largest absolute Gasteiger partial charge is 0.391 e. The van der Waals surface area contributed by atoms with E-state index in [1.807, 2.05) is 38.1 Å². The molecule has 0 aliphatic rings. The van der Waals surface area contributed by atoms with Crippen molar-refractivity contribution in [3.8, 4) is 11.3 Å². The Kier molecular flexibility index (Phi) is 6.90. The second kappa shape index (κ2) is 8.92. The highest BCUT2D eigenvalue weighted by Crippen LogP contribution is 2.28. The van der Waals surface area contributed by atoms with Crippen molar-refractivity contribution in [1.82, 2.24) is 10.3 Å². The van der Waals surface area contributed by atoms with Crippen molar-refractivity contribution in [1.29, 1.82) is 0 Å². The van der Waals surface area contributed by atoms with Crippen LogP contribution in [0.3, 0.4) is 0 Å². The molecule has 2 aromatic rings. The molecule has 1 amide bonds. The molecule has 1 unspecified atom stereocenters. The first-order chi connectivity index (χ1) is 11.5. The summed E-state index contributed by atoms with van der Waals surface area (Å²) in [7, 11) is 1.54. The van der Waals surface area contributed by atoms with Crippen molar-refractivity contribution in [3.63, 3.8) is 0 Å². The number of amides is 1. The van der Waals surface area contributed by atoms with Gasteiger partial charge in [-0.05, 0) is 20.3 Å². The lowest BCUT2D eigenvalue weighted by atomic mass is 10.1. The predicted molar refractivity (Wildman–Crippen MR) is 96.2 cm³/mol. The fourth-order valence-corrected chi connectivity index (χ4v) is 3.35. The van der Waals surface area contributed by atoms with Gasteiger partial charge in [-0.1, -0.05) is 29.8 Å². The minimum absolute atomic E-state index is 0.0587. The number of rotatable bonds is 8. The topological polar surface area (TPSA) is 71.5 Å². The summed E-state index contributed by atoms with van der Waals surface area (Å²) >= 11 is 1.55. The van der Waals surface area contributed by atoms with Crippen LogP contribution in [-0.2, 0) is 16.0 Å². The Bertz CT molecular complexity index is 667. The van der Waals surface area contributed by atoms with Gasteiger partial charge in [0.25, 0.3) is 0 Å². The molecule has 0 aliphatic heterocycles. The molecule has 0 spiro atoms. The number of ether oxygens (including phenoxy) is 1. The van der Waals surface area contributed by atoms with Crippen molar-refractivity contribution >= 4 is 17.2 Å². The fraction of sp³-hybridized carbons (Fsp3) is 0.444. The number of carbonyl (C=O) groups is 1. The van der Waals surface area contributed by atoms with Gasteiger partial charge in [0.1, 0.15) is 0 Å². The summed E-state index contributed by atoms with van der Waals surface area (Å²) in [4.78, 5) is 17.7. The lowest BCUT2D eigenvalue weighted by molar-refractivity contribution is -0.120. The number of thiazole rings is 1. The molecule has 0 saturated heterocycles. The average Bonchev–Trinajstić information content (AvgIpc) is 2.88. The number of nitrogens with one attached hydrogen (secondary N) is 1. The van der Waals surface area contributed by atoms with Crippen molar-refractivity contribution in [3.05, 3.63) is 39.7 Å².